The summed E-state index contributed by atoms with van der Waals surface area (Å²) in [7, 11) is -3.26. The van der Waals surface area contributed by atoms with E-state index in [9.17, 15) is 8.42 Å². The van der Waals surface area contributed by atoms with E-state index in [1.165, 1.54) is 0 Å². The normalized spacial score (nSPS) is 11.7. The Hall–Kier alpha value is -1.27. The molecule has 0 aliphatic heterocycles. The highest BCUT2D eigenvalue weighted by atomic mass is 32.2. The van der Waals surface area contributed by atoms with Crippen LogP contribution in [0.3, 0.4) is 0 Å². The smallest absolute Gasteiger partial charge is 0.214 e. The van der Waals surface area contributed by atoms with E-state index >= 15 is 0 Å². The van der Waals surface area contributed by atoms with Gasteiger partial charge in [0.25, 0.3) is 0 Å². The first-order valence-electron chi connectivity index (χ1n) is 5.85. The molecule has 0 atom stereocenters. The Kier molecular flexibility index (Phi) is 5.43. The monoisotopic (exact) mass is 272 g/mol. The van der Waals surface area contributed by atoms with Crippen molar-refractivity contribution >= 4 is 15.7 Å². The summed E-state index contributed by atoms with van der Waals surface area (Å²) >= 11 is 0. The van der Waals surface area contributed by atoms with E-state index < -0.39 is 10.0 Å². The van der Waals surface area contributed by atoms with E-state index in [4.69, 9.17) is 10.5 Å². The van der Waals surface area contributed by atoms with Crippen LogP contribution >= 0.6 is 0 Å². The fourth-order valence-corrected chi connectivity index (χ4v) is 2.27. The molecule has 0 aliphatic carbocycles. The third kappa shape index (κ3) is 5.88. The summed E-state index contributed by atoms with van der Waals surface area (Å²) in [5.74, 6) is 0.804. The number of nitrogen functional groups attached to an aromatic ring is 1. The molecule has 0 amide bonds. The maximum atomic E-state index is 11.6. The Labute approximate surface area is 108 Å². The largest absolute Gasteiger partial charge is 0.492 e. The van der Waals surface area contributed by atoms with Gasteiger partial charge in [-0.2, -0.15) is 0 Å². The predicted molar refractivity (Wildman–Crippen MR) is 73.0 cm³/mol. The van der Waals surface area contributed by atoms with Crippen molar-refractivity contribution in [1.29, 1.82) is 0 Å². The SMILES string of the molecule is CC(C)CNS(=O)(=O)CCOc1cccc(N)c1. The van der Waals surface area contributed by atoms with Crippen LogP contribution in [0.1, 0.15) is 13.8 Å². The summed E-state index contributed by atoms with van der Waals surface area (Å²) in [5, 5.41) is 0. The molecule has 1 rings (SSSR count). The highest BCUT2D eigenvalue weighted by Gasteiger charge is 2.10. The predicted octanol–water partition coefficient (Wildman–Crippen LogP) is 1.22. The molecule has 0 unspecified atom stereocenters. The van der Waals surface area contributed by atoms with E-state index in [-0.39, 0.29) is 18.3 Å². The fraction of sp³-hybridized carbons (Fsp3) is 0.500. The van der Waals surface area contributed by atoms with Gasteiger partial charge in [0.15, 0.2) is 0 Å². The minimum atomic E-state index is -3.26. The highest BCUT2D eigenvalue weighted by Crippen LogP contribution is 2.14. The molecule has 6 heteroatoms. The number of nitrogens with one attached hydrogen (secondary N) is 1. The molecule has 1 aromatic rings. The molecule has 0 saturated carbocycles. The second-order valence-corrected chi connectivity index (χ2v) is 6.41. The molecule has 3 N–H and O–H groups in total. The van der Waals surface area contributed by atoms with Gasteiger partial charge in [0.2, 0.25) is 10.0 Å². The van der Waals surface area contributed by atoms with Gasteiger partial charge in [-0.3, -0.25) is 0 Å². The van der Waals surface area contributed by atoms with Crippen LogP contribution in [-0.2, 0) is 10.0 Å². The molecular formula is C12H20N2O3S. The van der Waals surface area contributed by atoms with Crippen molar-refractivity contribution in [1.82, 2.24) is 4.72 Å². The Morgan fingerprint density at radius 3 is 2.72 bits per heavy atom. The third-order valence-electron chi connectivity index (χ3n) is 2.19. The van der Waals surface area contributed by atoms with Crippen molar-refractivity contribution in [3.8, 4) is 5.75 Å². The third-order valence-corrected chi connectivity index (χ3v) is 3.50. The molecule has 0 radical (unpaired) electrons. The Morgan fingerprint density at radius 1 is 1.39 bits per heavy atom. The first-order valence-corrected chi connectivity index (χ1v) is 7.50. The van der Waals surface area contributed by atoms with Crippen molar-refractivity contribution in [2.24, 2.45) is 5.92 Å². The van der Waals surface area contributed by atoms with Gasteiger partial charge in [0, 0.05) is 18.3 Å². The van der Waals surface area contributed by atoms with Gasteiger partial charge in [0.05, 0.1) is 5.75 Å². The van der Waals surface area contributed by atoms with Crippen LogP contribution in [0.15, 0.2) is 24.3 Å². The molecular weight excluding hydrogens is 252 g/mol. The minimum Gasteiger partial charge on any atom is -0.492 e. The topological polar surface area (TPSA) is 81.4 Å². The molecule has 0 aromatic heterocycles. The lowest BCUT2D eigenvalue weighted by Crippen LogP contribution is -2.31. The number of hydrogen-bond donors (Lipinski definition) is 2. The zero-order valence-electron chi connectivity index (χ0n) is 10.7. The van der Waals surface area contributed by atoms with Crippen molar-refractivity contribution in [3.63, 3.8) is 0 Å². The van der Waals surface area contributed by atoms with Crippen molar-refractivity contribution < 1.29 is 13.2 Å². The van der Waals surface area contributed by atoms with Crippen LogP contribution in [0.5, 0.6) is 5.75 Å². The summed E-state index contributed by atoms with van der Waals surface area (Å²) in [4.78, 5) is 0. The maximum Gasteiger partial charge on any atom is 0.214 e. The van der Waals surface area contributed by atoms with E-state index in [2.05, 4.69) is 4.72 Å². The molecule has 102 valence electrons. The molecule has 5 nitrogen and oxygen atoms in total. The molecule has 0 aliphatic rings. The average Bonchev–Trinajstić information content (AvgIpc) is 2.26. The van der Waals surface area contributed by atoms with Gasteiger partial charge in [-0.1, -0.05) is 19.9 Å². The molecule has 0 saturated heterocycles. The lowest BCUT2D eigenvalue weighted by molar-refractivity contribution is 0.340. The standard InChI is InChI=1S/C12H20N2O3S/c1-10(2)9-14-18(15,16)7-6-17-12-5-3-4-11(13)8-12/h3-5,8,10,14H,6-7,9,13H2,1-2H3. The maximum absolute atomic E-state index is 11.6. The zero-order valence-corrected chi connectivity index (χ0v) is 11.5. The summed E-state index contributed by atoms with van der Waals surface area (Å²) < 4.78 is 31.0. The summed E-state index contributed by atoms with van der Waals surface area (Å²) in [6.45, 7) is 4.45. The Bertz CT molecular complexity index is 472. The average molecular weight is 272 g/mol. The number of nitrogens with two attached hydrogens (primary N) is 1. The van der Waals surface area contributed by atoms with Crippen molar-refractivity contribution in [3.05, 3.63) is 24.3 Å². The van der Waals surface area contributed by atoms with Crippen molar-refractivity contribution in [2.75, 3.05) is 24.6 Å². The number of ether oxygens (including phenoxy) is 1. The van der Waals surface area contributed by atoms with E-state index in [0.717, 1.165) is 0 Å². The van der Waals surface area contributed by atoms with Gasteiger partial charge in [-0.25, -0.2) is 13.1 Å². The molecule has 0 spiro atoms. The first-order chi connectivity index (χ1) is 8.39. The number of sulfonamides is 1. The van der Waals surface area contributed by atoms with Gasteiger partial charge in [0.1, 0.15) is 12.4 Å². The highest BCUT2D eigenvalue weighted by molar-refractivity contribution is 7.89. The van der Waals surface area contributed by atoms with Gasteiger partial charge < -0.3 is 10.5 Å². The summed E-state index contributed by atoms with van der Waals surface area (Å²) in [6, 6.07) is 6.91. The van der Waals surface area contributed by atoms with Crippen LogP contribution < -0.4 is 15.2 Å². The molecule has 0 bridgehead atoms. The van der Waals surface area contributed by atoms with E-state index in [0.29, 0.717) is 18.0 Å². The molecule has 18 heavy (non-hydrogen) atoms. The zero-order chi connectivity index (χ0) is 13.6. The summed E-state index contributed by atoms with van der Waals surface area (Å²) in [5.41, 5.74) is 6.18. The van der Waals surface area contributed by atoms with Crippen LogP contribution in [0.25, 0.3) is 0 Å². The Balaban J connectivity index is 2.37. The van der Waals surface area contributed by atoms with Gasteiger partial charge >= 0.3 is 0 Å². The second kappa shape index (κ2) is 6.61. The Morgan fingerprint density at radius 2 is 2.11 bits per heavy atom. The van der Waals surface area contributed by atoms with Crippen LogP contribution in [0.2, 0.25) is 0 Å². The second-order valence-electron chi connectivity index (χ2n) is 4.48. The lowest BCUT2D eigenvalue weighted by Gasteiger charge is -2.10. The van der Waals surface area contributed by atoms with Crippen molar-refractivity contribution in [2.45, 2.75) is 13.8 Å². The van der Waals surface area contributed by atoms with Crippen LogP contribution in [0.4, 0.5) is 5.69 Å². The molecule has 0 fully saturated rings. The van der Waals surface area contributed by atoms with E-state index in [1.54, 1.807) is 24.3 Å². The summed E-state index contributed by atoms with van der Waals surface area (Å²) in [6.07, 6.45) is 0. The number of benzene rings is 1. The molecule has 1 aromatic carbocycles. The number of hydrogen-bond acceptors (Lipinski definition) is 4. The number of anilines is 1. The lowest BCUT2D eigenvalue weighted by atomic mass is 10.2. The minimum absolute atomic E-state index is 0.0610. The van der Waals surface area contributed by atoms with Gasteiger partial charge in [-0.15, -0.1) is 0 Å². The van der Waals surface area contributed by atoms with Gasteiger partial charge in [-0.05, 0) is 18.1 Å². The first kappa shape index (κ1) is 14.8. The van der Waals surface area contributed by atoms with Crippen LogP contribution in [-0.4, -0.2) is 27.3 Å². The molecule has 0 heterocycles. The van der Waals surface area contributed by atoms with E-state index in [1.807, 2.05) is 13.8 Å². The fourth-order valence-electron chi connectivity index (χ4n) is 1.24. The van der Waals surface area contributed by atoms with Crippen LogP contribution in [0, 0.1) is 5.92 Å². The number of rotatable bonds is 7. The quantitative estimate of drug-likeness (QED) is 0.731.